The van der Waals surface area contributed by atoms with Crippen LogP contribution in [0.2, 0.25) is 0 Å². The number of halogens is 1. The number of amides is 1. The van der Waals surface area contributed by atoms with Crippen LogP contribution in [-0.4, -0.2) is 55.0 Å². The van der Waals surface area contributed by atoms with Crippen molar-refractivity contribution in [3.05, 3.63) is 71.5 Å². The number of likely N-dealkylation sites (N-methyl/N-ethyl adjacent to an activating group) is 1. The van der Waals surface area contributed by atoms with Crippen molar-refractivity contribution in [3.63, 3.8) is 0 Å². The lowest BCUT2D eigenvalue weighted by atomic mass is 9.77. The average Bonchev–Trinajstić information content (AvgIpc) is 2.98. The van der Waals surface area contributed by atoms with E-state index in [0.717, 1.165) is 31.6 Å². The molecule has 1 unspecified atom stereocenters. The lowest BCUT2D eigenvalue weighted by molar-refractivity contribution is -0.141. The van der Waals surface area contributed by atoms with Gasteiger partial charge in [0.2, 0.25) is 5.91 Å². The number of hydrogen-bond acceptors (Lipinski definition) is 3. The summed E-state index contributed by atoms with van der Waals surface area (Å²) in [4.78, 5) is 16.8. The highest BCUT2D eigenvalue weighted by Crippen LogP contribution is 2.42. The van der Waals surface area contributed by atoms with Crippen LogP contribution in [-0.2, 0) is 22.6 Å². The van der Waals surface area contributed by atoms with Crippen molar-refractivity contribution in [1.29, 1.82) is 0 Å². The summed E-state index contributed by atoms with van der Waals surface area (Å²) in [5.74, 6) is -0.205. The fourth-order valence-electron chi connectivity index (χ4n) is 4.55. The second-order valence-electron chi connectivity index (χ2n) is 8.33. The van der Waals surface area contributed by atoms with Crippen molar-refractivity contribution in [1.82, 2.24) is 9.80 Å². The van der Waals surface area contributed by atoms with Gasteiger partial charge in [-0.1, -0.05) is 42.5 Å². The van der Waals surface area contributed by atoms with Crippen LogP contribution in [0.5, 0.6) is 0 Å². The molecular weight excluding hydrogens is 355 g/mol. The van der Waals surface area contributed by atoms with E-state index in [1.165, 1.54) is 17.7 Å². The molecule has 148 valence electrons. The predicted octanol–water partition coefficient (Wildman–Crippen LogP) is 3.12. The molecule has 0 radical (unpaired) electrons. The Bertz CT molecular complexity index is 820. The topological polar surface area (TPSA) is 32.8 Å². The molecule has 2 heterocycles. The first-order chi connectivity index (χ1) is 13.5. The maximum atomic E-state index is 13.3. The maximum Gasteiger partial charge on any atom is 0.227 e. The Balaban J connectivity index is 1.24. The van der Waals surface area contributed by atoms with E-state index in [4.69, 9.17) is 4.74 Å². The SMILES string of the molecule is CN1CC2(CC1COCc1ccccc1)CN(C(=O)Cc1cccc(F)c1)C2. The fraction of sp³-hybridized carbons (Fsp3) is 0.435. The summed E-state index contributed by atoms with van der Waals surface area (Å²) in [6, 6.07) is 16.9. The zero-order chi connectivity index (χ0) is 19.6. The van der Waals surface area contributed by atoms with E-state index >= 15 is 0 Å². The first-order valence-electron chi connectivity index (χ1n) is 9.87. The highest BCUT2D eigenvalue weighted by Gasteiger charge is 2.51. The number of carbonyl (C=O) groups is 1. The summed E-state index contributed by atoms with van der Waals surface area (Å²) in [7, 11) is 2.14. The Morgan fingerprint density at radius 1 is 1.11 bits per heavy atom. The standard InChI is InChI=1S/C23H27FN2O2/c1-25-15-23(12-21(25)14-28-13-18-6-3-2-4-7-18)16-26(17-23)22(27)11-19-8-5-9-20(24)10-19/h2-10,21H,11-17H2,1H3. The molecule has 0 N–H and O–H groups in total. The third-order valence-corrected chi connectivity index (χ3v) is 5.95. The Labute approximate surface area is 165 Å². The van der Waals surface area contributed by atoms with Crippen molar-refractivity contribution in [2.45, 2.75) is 25.5 Å². The second-order valence-corrected chi connectivity index (χ2v) is 8.33. The summed E-state index contributed by atoms with van der Waals surface area (Å²) >= 11 is 0. The zero-order valence-corrected chi connectivity index (χ0v) is 16.3. The van der Waals surface area contributed by atoms with Gasteiger partial charge in [-0.3, -0.25) is 4.79 Å². The highest BCUT2D eigenvalue weighted by atomic mass is 19.1. The minimum Gasteiger partial charge on any atom is -0.375 e. The van der Waals surface area contributed by atoms with E-state index in [1.54, 1.807) is 12.1 Å². The van der Waals surface area contributed by atoms with Crippen LogP contribution in [0.25, 0.3) is 0 Å². The van der Waals surface area contributed by atoms with Gasteiger partial charge in [-0.25, -0.2) is 4.39 Å². The second kappa shape index (κ2) is 8.02. The van der Waals surface area contributed by atoms with Gasteiger partial charge in [0.1, 0.15) is 5.82 Å². The van der Waals surface area contributed by atoms with Gasteiger partial charge in [-0.05, 0) is 36.7 Å². The largest absolute Gasteiger partial charge is 0.375 e. The van der Waals surface area contributed by atoms with Gasteiger partial charge >= 0.3 is 0 Å². The van der Waals surface area contributed by atoms with Gasteiger partial charge in [-0.2, -0.15) is 0 Å². The Morgan fingerprint density at radius 3 is 2.61 bits per heavy atom. The molecule has 2 aromatic carbocycles. The van der Waals surface area contributed by atoms with Crippen molar-refractivity contribution >= 4 is 5.91 Å². The van der Waals surface area contributed by atoms with Crippen LogP contribution in [0.1, 0.15) is 17.5 Å². The minimum absolute atomic E-state index is 0.0858. The zero-order valence-electron chi connectivity index (χ0n) is 16.3. The normalized spacial score (nSPS) is 21.1. The number of benzene rings is 2. The molecule has 2 aliphatic heterocycles. The molecule has 2 aliphatic rings. The number of carbonyl (C=O) groups excluding carboxylic acids is 1. The summed E-state index contributed by atoms with van der Waals surface area (Å²) < 4.78 is 19.3. The molecule has 4 nitrogen and oxygen atoms in total. The van der Waals surface area contributed by atoms with Crippen LogP contribution in [0.4, 0.5) is 4.39 Å². The number of hydrogen-bond donors (Lipinski definition) is 0. The number of rotatable bonds is 6. The molecule has 2 aromatic rings. The van der Waals surface area contributed by atoms with Gasteiger partial charge in [0.25, 0.3) is 0 Å². The summed E-state index contributed by atoms with van der Waals surface area (Å²) in [5, 5.41) is 0. The molecule has 0 aliphatic carbocycles. The molecule has 0 bridgehead atoms. The summed E-state index contributed by atoms with van der Waals surface area (Å²) in [5.41, 5.74) is 2.12. The van der Waals surface area contributed by atoms with E-state index in [0.29, 0.717) is 19.3 Å². The van der Waals surface area contributed by atoms with Crippen LogP contribution < -0.4 is 0 Å². The number of likely N-dealkylation sites (tertiary alicyclic amines) is 2. The van der Waals surface area contributed by atoms with Crippen molar-refractivity contribution in [2.24, 2.45) is 5.41 Å². The Hall–Kier alpha value is -2.24. The lowest BCUT2D eigenvalue weighted by Gasteiger charge is -2.48. The van der Waals surface area contributed by atoms with E-state index in [2.05, 4.69) is 24.1 Å². The van der Waals surface area contributed by atoms with E-state index in [9.17, 15) is 9.18 Å². The monoisotopic (exact) mass is 382 g/mol. The minimum atomic E-state index is -0.291. The summed E-state index contributed by atoms with van der Waals surface area (Å²) in [6.07, 6.45) is 1.33. The first-order valence-corrected chi connectivity index (χ1v) is 9.87. The third-order valence-electron chi connectivity index (χ3n) is 5.95. The maximum absolute atomic E-state index is 13.3. The van der Waals surface area contributed by atoms with Gasteiger partial charge in [0.05, 0.1) is 19.6 Å². The molecule has 0 saturated carbocycles. The van der Waals surface area contributed by atoms with Gasteiger partial charge in [0.15, 0.2) is 0 Å². The smallest absolute Gasteiger partial charge is 0.227 e. The van der Waals surface area contributed by atoms with Crippen molar-refractivity contribution in [2.75, 3.05) is 33.3 Å². The first kappa shape index (κ1) is 19.1. The molecule has 0 aromatic heterocycles. The van der Waals surface area contributed by atoms with Crippen LogP contribution in [0.15, 0.2) is 54.6 Å². The quantitative estimate of drug-likeness (QED) is 0.770. The molecule has 5 heteroatoms. The molecule has 2 saturated heterocycles. The van der Waals surface area contributed by atoms with E-state index in [1.807, 2.05) is 23.1 Å². The van der Waals surface area contributed by atoms with Crippen LogP contribution in [0.3, 0.4) is 0 Å². The predicted molar refractivity (Wildman–Crippen MR) is 106 cm³/mol. The fourth-order valence-corrected chi connectivity index (χ4v) is 4.55. The van der Waals surface area contributed by atoms with Gasteiger partial charge in [0, 0.05) is 31.1 Å². The van der Waals surface area contributed by atoms with Gasteiger partial charge < -0.3 is 14.5 Å². The molecule has 1 atom stereocenters. The molecule has 1 amide bonds. The van der Waals surface area contributed by atoms with Crippen molar-refractivity contribution in [3.8, 4) is 0 Å². The number of ether oxygens (including phenoxy) is 1. The summed E-state index contributed by atoms with van der Waals surface area (Å²) in [6.45, 7) is 3.93. The molecule has 1 spiro atoms. The third kappa shape index (κ3) is 4.26. The highest BCUT2D eigenvalue weighted by molar-refractivity contribution is 5.79. The van der Waals surface area contributed by atoms with Crippen LogP contribution >= 0.6 is 0 Å². The molecule has 4 rings (SSSR count). The Kier molecular flexibility index (Phi) is 5.47. The van der Waals surface area contributed by atoms with E-state index < -0.39 is 0 Å². The Morgan fingerprint density at radius 2 is 1.86 bits per heavy atom. The molecule has 28 heavy (non-hydrogen) atoms. The average molecular weight is 382 g/mol. The molecular formula is C23H27FN2O2. The lowest BCUT2D eigenvalue weighted by Crippen LogP contribution is -2.59. The van der Waals surface area contributed by atoms with Crippen LogP contribution in [0, 0.1) is 11.2 Å². The van der Waals surface area contributed by atoms with E-state index in [-0.39, 0.29) is 23.6 Å². The van der Waals surface area contributed by atoms with Gasteiger partial charge in [-0.15, -0.1) is 0 Å². The van der Waals surface area contributed by atoms with Crippen molar-refractivity contribution < 1.29 is 13.9 Å². The molecule has 2 fully saturated rings. The number of nitrogens with zero attached hydrogens (tertiary/aromatic N) is 2.